The van der Waals surface area contributed by atoms with Gasteiger partial charge in [-0.15, -0.1) is 13.2 Å². The molecule has 0 aliphatic carbocycles. The molecule has 8 nitrogen and oxygen atoms in total. The molecule has 236 valence electrons. The first-order chi connectivity index (χ1) is 20.2. The Bertz CT molecular complexity index is 1220. The molecular formula is C35H51N3O5. The van der Waals surface area contributed by atoms with Gasteiger partial charge in [0.25, 0.3) is 0 Å². The van der Waals surface area contributed by atoms with Gasteiger partial charge in [-0.3, -0.25) is 14.4 Å². The lowest BCUT2D eigenvalue weighted by Crippen LogP contribution is -2.61. The van der Waals surface area contributed by atoms with Gasteiger partial charge in [0.05, 0.1) is 24.0 Å². The van der Waals surface area contributed by atoms with E-state index in [-0.39, 0.29) is 36.3 Å². The highest BCUT2D eigenvalue weighted by Gasteiger charge is 2.79. The van der Waals surface area contributed by atoms with Crippen molar-refractivity contribution < 1.29 is 24.2 Å². The molecule has 1 spiro atoms. The van der Waals surface area contributed by atoms with Gasteiger partial charge in [-0.05, 0) is 50.5 Å². The summed E-state index contributed by atoms with van der Waals surface area (Å²) in [6, 6.07) is 8.83. The number of hydrogen-bond acceptors (Lipinski definition) is 5. The van der Waals surface area contributed by atoms with E-state index in [0.717, 1.165) is 12.0 Å². The molecular weight excluding hydrogens is 542 g/mol. The maximum Gasteiger partial charge on any atom is 0.249 e. The smallest absolute Gasteiger partial charge is 0.249 e. The number of carbonyl (C=O) groups is 3. The van der Waals surface area contributed by atoms with E-state index in [1.54, 1.807) is 17.1 Å². The van der Waals surface area contributed by atoms with Crippen molar-refractivity contribution in [3.05, 3.63) is 61.2 Å². The number of aliphatic hydroxyl groups excluding tert-OH is 1. The fourth-order valence-electron chi connectivity index (χ4n) is 8.42. The van der Waals surface area contributed by atoms with Crippen molar-refractivity contribution in [2.45, 2.75) is 96.6 Å². The molecule has 1 aromatic rings. The number of carbonyl (C=O) groups excluding carboxylic acids is 3. The number of aliphatic hydroxyl groups is 1. The Labute approximate surface area is 257 Å². The third-order valence-corrected chi connectivity index (χ3v) is 9.67. The van der Waals surface area contributed by atoms with Gasteiger partial charge in [-0.2, -0.15) is 0 Å². The fourth-order valence-corrected chi connectivity index (χ4v) is 8.42. The number of ether oxygens (including phenoxy) is 1. The maximum atomic E-state index is 14.8. The summed E-state index contributed by atoms with van der Waals surface area (Å²) in [5, 5.41) is 10.1. The Kier molecular flexibility index (Phi) is 9.34. The number of rotatable bonds is 13. The average molecular weight is 594 g/mol. The van der Waals surface area contributed by atoms with Crippen LogP contribution in [0, 0.1) is 17.3 Å². The molecule has 3 heterocycles. The minimum atomic E-state index is -1.15. The largest absolute Gasteiger partial charge is 0.395 e. The van der Waals surface area contributed by atoms with Crippen molar-refractivity contribution in [3.63, 3.8) is 0 Å². The van der Waals surface area contributed by atoms with E-state index >= 15 is 0 Å². The topological polar surface area (TPSA) is 90.4 Å². The molecule has 2 bridgehead atoms. The van der Waals surface area contributed by atoms with Gasteiger partial charge in [0.2, 0.25) is 17.7 Å². The quantitative estimate of drug-likeness (QED) is 0.338. The van der Waals surface area contributed by atoms with Crippen molar-refractivity contribution >= 4 is 17.7 Å². The fraction of sp³-hybridized carbons (Fsp3) is 0.629. The molecule has 1 aromatic carbocycles. The summed E-state index contributed by atoms with van der Waals surface area (Å²) in [7, 11) is 0. The highest BCUT2D eigenvalue weighted by Crippen LogP contribution is 2.64. The van der Waals surface area contributed by atoms with Crippen LogP contribution in [-0.4, -0.2) is 86.6 Å². The van der Waals surface area contributed by atoms with Crippen molar-refractivity contribution in [1.29, 1.82) is 0 Å². The van der Waals surface area contributed by atoms with Gasteiger partial charge in [0.15, 0.2) is 0 Å². The lowest BCUT2D eigenvalue weighted by Gasteiger charge is -2.45. The molecule has 3 fully saturated rings. The van der Waals surface area contributed by atoms with Crippen LogP contribution in [0.5, 0.6) is 0 Å². The second-order valence-corrected chi connectivity index (χ2v) is 14.4. The lowest BCUT2D eigenvalue weighted by molar-refractivity contribution is -0.158. The third-order valence-electron chi connectivity index (χ3n) is 9.67. The van der Waals surface area contributed by atoms with E-state index < -0.39 is 34.6 Å². The number of β-amino-alcohol motifs (C(OH)–C–C–N with tert-alkyl or cyclic N) is 1. The molecule has 1 N–H and O–H groups in total. The minimum absolute atomic E-state index is 0.00109. The van der Waals surface area contributed by atoms with Crippen molar-refractivity contribution in [2.24, 2.45) is 17.3 Å². The molecule has 2 unspecified atom stereocenters. The van der Waals surface area contributed by atoms with Crippen LogP contribution in [0.15, 0.2) is 55.6 Å². The zero-order valence-electron chi connectivity index (χ0n) is 27.0. The van der Waals surface area contributed by atoms with Crippen molar-refractivity contribution in [3.8, 4) is 0 Å². The van der Waals surface area contributed by atoms with Gasteiger partial charge in [-0.1, -0.05) is 70.2 Å². The molecule has 0 aromatic heterocycles. The first-order valence-electron chi connectivity index (χ1n) is 15.7. The van der Waals surface area contributed by atoms with Crippen LogP contribution in [0.1, 0.15) is 72.8 Å². The van der Waals surface area contributed by atoms with E-state index in [0.29, 0.717) is 38.9 Å². The Morgan fingerprint density at radius 1 is 1.07 bits per heavy atom. The number of fused-ring (bicyclic) bond motifs is 1. The third kappa shape index (κ3) is 5.80. The van der Waals surface area contributed by atoms with Gasteiger partial charge < -0.3 is 24.5 Å². The Morgan fingerprint density at radius 2 is 1.72 bits per heavy atom. The molecule has 5 atom stereocenters. The van der Waals surface area contributed by atoms with Crippen LogP contribution in [-0.2, 0) is 25.7 Å². The van der Waals surface area contributed by atoms with E-state index in [1.165, 1.54) is 4.90 Å². The molecule has 0 saturated carbocycles. The van der Waals surface area contributed by atoms with Gasteiger partial charge in [0, 0.05) is 31.7 Å². The zero-order valence-corrected chi connectivity index (χ0v) is 27.0. The van der Waals surface area contributed by atoms with E-state index in [1.807, 2.05) is 56.0 Å². The van der Waals surface area contributed by atoms with Crippen LogP contribution < -0.4 is 0 Å². The number of amides is 3. The summed E-state index contributed by atoms with van der Waals surface area (Å²) >= 11 is 0. The van der Waals surface area contributed by atoms with Crippen LogP contribution in [0.2, 0.25) is 0 Å². The summed E-state index contributed by atoms with van der Waals surface area (Å²) in [6.45, 7) is 21.1. The minimum Gasteiger partial charge on any atom is -0.395 e. The van der Waals surface area contributed by atoms with E-state index in [4.69, 9.17) is 4.74 Å². The molecule has 0 radical (unpaired) electrons. The number of nitrogens with zero attached hydrogens (tertiary/aromatic N) is 3. The summed E-state index contributed by atoms with van der Waals surface area (Å²) in [4.78, 5) is 48.8. The van der Waals surface area contributed by atoms with Crippen LogP contribution in [0.3, 0.4) is 0 Å². The first kappa shape index (κ1) is 32.9. The lowest BCUT2D eigenvalue weighted by atomic mass is 9.64. The second kappa shape index (κ2) is 12.2. The summed E-state index contributed by atoms with van der Waals surface area (Å²) in [6.07, 6.45) is 5.78. The average Bonchev–Trinajstić information content (AvgIpc) is 3.54. The zero-order chi connectivity index (χ0) is 31.8. The number of likely N-dealkylation sites (tertiary alicyclic amines) is 1. The van der Waals surface area contributed by atoms with Crippen LogP contribution in [0.4, 0.5) is 0 Å². The Balaban J connectivity index is 1.79. The van der Waals surface area contributed by atoms with Crippen molar-refractivity contribution in [1.82, 2.24) is 14.7 Å². The number of hydrogen-bond donors (Lipinski definition) is 1. The predicted molar refractivity (Wildman–Crippen MR) is 168 cm³/mol. The van der Waals surface area contributed by atoms with Crippen molar-refractivity contribution in [2.75, 3.05) is 26.2 Å². The summed E-state index contributed by atoms with van der Waals surface area (Å²) in [5.41, 5.74) is -1.61. The van der Waals surface area contributed by atoms with Gasteiger partial charge >= 0.3 is 0 Å². The second-order valence-electron chi connectivity index (χ2n) is 14.4. The molecule has 3 aliphatic rings. The summed E-state index contributed by atoms with van der Waals surface area (Å²) < 4.78 is 6.96. The Morgan fingerprint density at radius 3 is 2.28 bits per heavy atom. The predicted octanol–water partition coefficient (Wildman–Crippen LogP) is 4.58. The highest BCUT2D eigenvalue weighted by molar-refractivity contribution is 5.99. The van der Waals surface area contributed by atoms with E-state index in [9.17, 15) is 19.5 Å². The highest BCUT2D eigenvalue weighted by atomic mass is 16.5. The standard InChI is InChI=1S/C35H51N3O5/c1-9-19-36(23-25-15-13-12-14-16-25)29(40)26-27-30(41)37(21-22-39)28(35(27)18-17-34(26,11-3)43-35)31(42)38(20-10-2)33(7,8)24-32(4,5)6/h9-10,12-16,26-28,39H,1-2,11,17-24H2,3-8H3/t26-,27+,28?,34+,35?/m1/s1. The maximum absolute atomic E-state index is 14.8. The molecule has 3 amide bonds. The molecule has 3 aliphatic heterocycles. The first-order valence-corrected chi connectivity index (χ1v) is 15.7. The molecule has 4 rings (SSSR count). The normalized spacial score (nSPS) is 28.1. The number of benzene rings is 1. The SMILES string of the molecule is C=CCN(Cc1ccccc1)C(=O)[C@H]1[C@H]2C(=O)N(CCO)C(C(=O)N(CC=C)C(C)(C)CC(C)(C)C)C23CC[C@]1(CC)O3. The van der Waals surface area contributed by atoms with Crippen LogP contribution in [0.25, 0.3) is 0 Å². The monoisotopic (exact) mass is 593 g/mol. The summed E-state index contributed by atoms with van der Waals surface area (Å²) in [5.74, 6) is -2.21. The van der Waals surface area contributed by atoms with Gasteiger partial charge in [0.1, 0.15) is 11.6 Å². The van der Waals surface area contributed by atoms with E-state index in [2.05, 4.69) is 33.9 Å². The van der Waals surface area contributed by atoms with Crippen LogP contribution >= 0.6 is 0 Å². The molecule has 43 heavy (non-hydrogen) atoms. The molecule has 8 heteroatoms. The Hall–Kier alpha value is -2.97. The molecule has 3 saturated heterocycles. The van der Waals surface area contributed by atoms with Gasteiger partial charge in [-0.25, -0.2) is 0 Å².